The van der Waals surface area contributed by atoms with Crippen molar-refractivity contribution in [2.75, 3.05) is 13.2 Å². The van der Waals surface area contributed by atoms with Crippen LogP contribution in [0.25, 0.3) is 11.1 Å². The number of aliphatic hydroxyl groups excluding tert-OH is 1. The van der Waals surface area contributed by atoms with Crippen molar-refractivity contribution >= 4 is 18.0 Å². The van der Waals surface area contributed by atoms with E-state index in [2.05, 4.69) is 5.32 Å². The monoisotopic (exact) mass is 438 g/mol. The summed E-state index contributed by atoms with van der Waals surface area (Å²) in [6, 6.07) is 13.9. The number of rotatable bonds is 6. The number of aliphatic hydroxyl groups is 1. The van der Waals surface area contributed by atoms with Crippen molar-refractivity contribution in [2.24, 2.45) is 0 Å². The summed E-state index contributed by atoms with van der Waals surface area (Å²) in [6.45, 7) is 1.76. The van der Waals surface area contributed by atoms with Crippen molar-refractivity contribution in [3.63, 3.8) is 0 Å². The summed E-state index contributed by atoms with van der Waals surface area (Å²) >= 11 is 0. The highest BCUT2D eigenvalue weighted by atomic mass is 16.5. The number of benzene rings is 2. The van der Waals surface area contributed by atoms with Gasteiger partial charge in [-0.2, -0.15) is 0 Å². The van der Waals surface area contributed by atoms with E-state index in [1.54, 1.807) is 6.92 Å². The summed E-state index contributed by atoms with van der Waals surface area (Å²) in [5.41, 5.74) is 4.40. The van der Waals surface area contributed by atoms with Gasteiger partial charge in [0.15, 0.2) is 0 Å². The van der Waals surface area contributed by atoms with Crippen LogP contribution in [0.2, 0.25) is 0 Å². The maximum Gasteiger partial charge on any atom is 0.407 e. The van der Waals surface area contributed by atoms with E-state index in [0.717, 1.165) is 27.2 Å². The number of nitrogens with zero attached hydrogens (tertiary/aromatic N) is 1. The average Bonchev–Trinajstić information content (AvgIpc) is 3.34. The zero-order valence-corrected chi connectivity index (χ0v) is 17.7. The van der Waals surface area contributed by atoms with Crippen molar-refractivity contribution in [1.29, 1.82) is 0 Å². The molecule has 168 valence electrons. The third-order valence-corrected chi connectivity index (χ3v) is 6.19. The maximum absolute atomic E-state index is 12.8. The first kappa shape index (κ1) is 21.8. The normalized spacial score (nSPS) is 20.4. The van der Waals surface area contributed by atoms with E-state index in [9.17, 15) is 24.6 Å². The van der Waals surface area contributed by atoms with E-state index >= 15 is 0 Å². The number of β-amino-alcohol motifs (C(OH)–C–C–N with tert-alkyl or cyclic N) is 1. The second-order valence-corrected chi connectivity index (χ2v) is 8.16. The summed E-state index contributed by atoms with van der Waals surface area (Å²) in [4.78, 5) is 37.9. The number of amides is 2. The molecule has 1 aliphatic heterocycles. The van der Waals surface area contributed by atoms with Crippen LogP contribution in [-0.4, -0.2) is 64.4 Å². The number of fused-ring (bicyclic) bond motifs is 3. The molecular weight excluding hydrogens is 412 g/mol. The molecule has 2 aliphatic rings. The predicted octanol–water partition coefficient (Wildman–Crippen LogP) is 2.35. The Bertz CT molecular complexity index is 993. The topological polar surface area (TPSA) is 116 Å². The number of nitrogens with one attached hydrogen (secondary N) is 1. The quantitative estimate of drug-likeness (QED) is 0.638. The molecule has 0 bridgehead atoms. The van der Waals surface area contributed by atoms with Crippen LogP contribution in [0, 0.1) is 0 Å². The molecule has 2 aromatic rings. The number of hydrogen-bond acceptors (Lipinski definition) is 5. The van der Waals surface area contributed by atoms with Gasteiger partial charge in [-0.1, -0.05) is 55.5 Å². The number of likely N-dealkylation sites (tertiary alicyclic amines) is 1. The molecule has 0 radical (unpaired) electrons. The van der Waals surface area contributed by atoms with Crippen LogP contribution >= 0.6 is 0 Å². The van der Waals surface area contributed by atoms with Crippen molar-refractivity contribution in [2.45, 2.75) is 43.9 Å². The second-order valence-electron chi connectivity index (χ2n) is 8.16. The Morgan fingerprint density at radius 3 is 2.25 bits per heavy atom. The second kappa shape index (κ2) is 9.00. The van der Waals surface area contributed by atoms with Crippen LogP contribution in [0.3, 0.4) is 0 Å². The molecule has 3 unspecified atom stereocenters. The third kappa shape index (κ3) is 4.05. The summed E-state index contributed by atoms with van der Waals surface area (Å²) in [5, 5.41) is 21.7. The number of carboxylic acid groups (broad SMARTS) is 1. The third-order valence-electron chi connectivity index (χ3n) is 6.19. The molecule has 0 spiro atoms. The molecule has 1 aliphatic carbocycles. The molecule has 2 amide bonds. The zero-order chi connectivity index (χ0) is 22.8. The lowest BCUT2D eigenvalue weighted by Gasteiger charge is -2.26. The molecule has 1 heterocycles. The standard InChI is InChI=1S/C24H26N2O6/c1-2-20(22(28)26-12-14(27)11-21(26)23(29)30)25-24(31)32-13-19-17-9-5-3-7-15(17)16-8-4-6-10-18(16)19/h3-10,14,19-21,27H,2,11-13H2,1H3,(H,25,31)(H,29,30). The van der Waals surface area contributed by atoms with Crippen molar-refractivity contribution in [3.05, 3.63) is 59.7 Å². The molecule has 0 aromatic heterocycles. The Hall–Kier alpha value is -3.39. The summed E-state index contributed by atoms with van der Waals surface area (Å²) in [5.74, 6) is -1.81. The van der Waals surface area contributed by atoms with E-state index in [-0.39, 0.29) is 31.9 Å². The van der Waals surface area contributed by atoms with E-state index in [0.29, 0.717) is 0 Å². The van der Waals surface area contributed by atoms with Crippen molar-refractivity contribution in [1.82, 2.24) is 10.2 Å². The molecular formula is C24H26N2O6. The van der Waals surface area contributed by atoms with Crippen LogP contribution in [0.1, 0.15) is 36.8 Å². The van der Waals surface area contributed by atoms with Gasteiger partial charge >= 0.3 is 12.1 Å². The smallest absolute Gasteiger partial charge is 0.407 e. The Morgan fingerprint density at radius 2 is 1.69 bits per heavy atom. The number of ether oxygens (including phenoxy) is 1. The Morgan fingerprint density at radius 1 is 1.09 bits per heavy atom. The summed E-state index contributed by atoms with van der Waals surface area (Å²) in [6.07, 6.45) is -1.39. The fourth-order valence-corrected chi connectivity index (χ4v) is 4.61. The fraction of sp³-hybridized carbons (Fsp3) is 0.375. The van der Waals surface area contributed by atoms with Gasteiger partial charge in [-0.15, -0.1) is 0 Å². The molecule has 1 saturated heterocycles. The van der Waals surface area contributed by atoms with Gasteiger partial charge in [-0.25, -0.2) is 9.59 Å². The Balaban J connectivity index is 1.41. The van der Waals surface area contributed by atoms with E-state index in [1.807, 2.05) is 48.5 Å². The highest BCUT2D eigenvalue weighted by Crippen LogP contribution is 2.44. The predicted molar refractivity (Wildman–Crippen MR) is 116 cm³/mol. The van der Waals surface area contributed by atoms with Crippen molar-refractivity contribution < 1.29 is 29.3 Å². The summed E-state index contributed by atoms with van der Waals surface area (Å²) < 4.78 is 5.49. The average molecular weight is 438 g/mol. The Labute approximate surface area is 185 Å². The first-order chi connectivity index (χ1) is 15.4. The van der Waals surface area contributed by atoms with Crippen LogP contribution in [0.15, 0.2) is 48.5 Å². The van der Waals surface area contributed by atoms with Gasteiger partial charge in [-0.05, 0) is 28.7 Å². The molecule has 2 aromatic carbocycles. The van der Waals surface area contributed by atoms with Gasteiger partial charge in [0, 0.05) is 18.9 Å². The number of alkyl carbamates (subject to hydrolysis) is 1. The molecule has 8 heteroatoms. The molecule has 32 heavy (non-hydrogen) atoms. The minimum Gasteiger partial charge on any atom is -0.480 e. The van der Waals surface area contributed by atoms with E-state index in [1.165, 1.54) is 0 Å². The molecule has 3 atom stereocenters. The van der Waals surface area contributed by atoms with Crippen LogP contribution < -0.4 is 5.32 Å². The number of hydrogen-bond donors (Lipinski definition) is 3. The minimum absolute atomic E-state index is 0.0253. The zero-order valence-electron chi connectivity index (χ0n) is 17.7. The van der Waals surface area contributed by atoms with E-state index in [4.69, 9.17) is 4.74 Å². The number of carbonyl (C=O) groups excluding carboxylic acids is 2. The molecule has 8 nitrogen and oxygen atoms in total. The number of aliphatic carboxylic acids is 1. The molecule has 3 N–H and O–H groups in total. The van der Waals surface area contributed by atoms with Crippen molar-refractivity contribution in [3.8, 4) is 11.1 Å². The molecule has 1 fully saturated rings. The van der Waals surface area contributed by atoms with Gasteiger partial charge in [0.1, 0.15) is 18.7 Å². The summed E-state index contributed by atoms with van der Waals surface area (Å²) in [7, 11) is 0. The van der Waals surface area contributed by atoms with Crippen LogP contribution in [0.5, 0.6) is 0 Å². The van der Waals surface area contributed by atoms with Gasteiger partial charge in [0.05, 0.1) is 6.10 Å². The van der Waals surface area contributed by atoms with E-state index < -0.39 is 36.2 Å². The first-order valence-corrected chi connectivity index (χ1v) is 10.7. The van der Waals surface area contributed by atoms with Gasteiger partial charge in [0.2, 0.25) is 5.91 Å². The lowest BCUT2D eigenvalue weighted by atomic mass is 9.98. The highest BCUT2D eigenvalue weighted by molar-refractivity contribution is 5.90. The SMILES string of the molecule is CCC(NC(=O)OCC1c2ccccc2-c2ccccc21)C(=O)N1CC(O)CC1C(=O)O. The van der Waals surface area contributed by atoms with Gasteiger partial charge in [-0.3, -0.25) is 4.79 Å². The lowest BCUT2D eigenvalue weighted by molar-refractivity contribution is -0.149. The van der Waals surface area contributed by atoms with Crippen LogP contribution in [0.4, 0.5) is 4.79 Å². The largest absolute Gasteiger partial charge is 0.480 e. The number of carbonyl (C=O) groups is 3. The minimum atomic E-state index is -1.18. The maximum atomic E-state index is 12.8. The first-order valence-electron chi connectivity index (χ1n) is 10.7. The fourth-order valence-electron chi connectivity index (χ4n) is 4.61. The molecule has 0 saturated carbocycles. The van der Waals surface area contributed by atoms with Gasteiger partial charge in [0.25, 0.3) is 0 Å². The van der Waals surface area contributed by atoms with Crippen LogP contribution in [-0.2, 0) is 14.3 Å². The Kier molecular flexibility index (Phi) is 6.14. The van der Waals surface area contributed by atoms with Gasteiger partial charge < -0.3 is 25.2 Å². The lowest BCUT2D eigenvalue weighted by Crippen LogP contribution is -2.51. The highest BCUT2D eigenvalue weighted by Gasteiger charge is 2.41. The molecule has 4 rings (SSSR count). The number of carboxylic acids is 1.